The van der Waals surface area contributed by atoms with Gasteiger partial charge in [-0.05, 0) is 43.7 Å². The van der Waals surface area contributed by atoms with E-state index in [9.17, 15) is 4.79 Å². The Kier molecular flexibility index (Phi) is 4.18. The van der Waals surface area contributed by atoms with Gasteiger partial charge >= 0.3 is 0 Å². The highest BCUT2D eigenvalue weighted by molar-refractivity contribution is 5.94. The lowest BCUT2D eigenvalue weighted by Gasteiger charge is -2.14. The molecule has 2 rings (SSSR count). The normalized spacial score (nSPS) is 11.7. The number of benzene rings is 2. The van der Waals surface area contributed by atoms with Crippen LogP contribution in [0, 0.1) is 6.92 Å². The van der Waals surface area contributed by atoms with Gasteiger partial charge in [0.05, 0.1) is 0 Å². The molecule has 98 valence electrons. The first kappa shape index (κ1) is 13.1. The van der Waals surface area contributed by atoms with E-state index in [1.54, 1.807) is 6.92 Å². The number of nitrogens with one attached hydrogen (secondary N) is 1. The summed E-state index contributed by atoms with van der Waals surface area (Å²) in [5, 5.41) is 2.84. The third-order valence-electron chi connectivity index (χ3n) is 2.71. The van der Waals surface area contributed by atoms with Crippen LogP contribution in [0.15, 0.2) is 54.6 Å². The zero-order valence-electron chi connectivity index (χ0n) is 11.1. The van der Waals surface area contributed by atoms with Crippen LogP contribution in [0.4, 0.5) is 5.69 Å². The molecule has 0 unspecified atom stereocenters. The third-order valence-corrected chi connectivity index (χ3v) is 2.71. The van der Waals surface area contributed by atoms with Gasteiger partial charge in [0.2, 0.25) is 0 Å². The minimum atomic E-state index is -0.539. The van der Waals surface area contributed by atoms with E-state index in [0.717, 1.165) is 11.3 Å². The second-order valence-electron chi connectivity index (χ2n) is 4.43. The zero-order valence-corrected chi connectivity index (χ0v) is 11.1. The Hall–Kier alpha value is -2.29. The fourth-order valence-corrected chi connectivity index (χ4v) is 1.72. The summed E-state index contributed by atoms with van der Waals surface area (Å²) in [5.74, 6) is 0.531. The molecule has 0 bridgehead atoms. The highest BCUT2D eigenvalue weighted by atomic mass is 16.5. The lowest BCUT2D eigenvalue weighted by atomic mass is 10.2. The maximum absolute atomic E-state index is 12.0. The van der Waals surface area contributed by atoms with E-state index in [2.05, 4.69) is 5.32 Å². The molecule has 1 atom stereocenters. The smallest absolute Gasteiger partial charge is 0.265 e. The Labute approximate surface area is 113 Å². The van der Waals surface area contributed by atoms with Gasteiger partial charge in [0.1, 0.15) is 5.75 Å². The molecule has 0 aromatic heterocycles. The number of amides is 1. The fraction of sp³-hybridized carbons (Fsp3) is 0.188. The highest BCUT2D eigenvalue weighted by Gasteiger charge is 2.14. The fourth-order valence-electron chi connectivity index (χ4n) is 1.72. The minimum absolute atomic E-state index is 0.158. The predicted molar refractivity (Wildman–Crippen MR) is 76.3 cm³/mol. The largest absolute Gasteiger partial charge is 0.481 e. The number of ether oxygens (including phenoxy) is 1. The van der Waals surface area contributed by atoms with Crippen molar-refractivity contribution in [1.82, 2.24) is 0 Å². The van der Waals surface area contributed by atoms with Crippen molar-refractivity contribution in [3.8, 4) is 5.75 Å². The molecular formula is C16H17NO2. The van der Waals surface area contributed by atoms with Gasteiger partial charge in [-0.15, -0.1) is 0 Å². The predicted octanol–water partition coefficient (Wildman–Crippen LogP) is 3.40. The second-order valence-corrected chi connectivity index (χ2v) is 4.43. The molecule has 0 aliphatic carbocycles. The van der Waals surface area contributed by atoms with Gasteiger partial charge in [-0.25, -0.2) is 0 Å². The molecule has 3 heteroatoms. The molecule has 0 saturated carbocycles. The van der Waals surface area contributed by atoms with Crippen LogP contribution in [0.1, 0.15) is 12.5 Å². The average molecular weight is 255 g/mol. The first-order valence-corrected chi connectivity index (χ1v) is 6.24. The van der Waals surface area contributed by atoms with Crippen molar-refractivity contribution in [2.45, 2.75) is 20.0 Å². The summed E-state index contributed by atoms with van der Waals surface area (Å²) in [5.41, 5.74) is 1.89. The van der Waals surface area contributed by atoms with Gasteiger partial charge in [0.15, 0.2) is 6.10 Å². The summed E-state index contributed by atoms with van der Waals surface area (Å²) >= 11 is 0. The van der Waals surface area contributed by atoms with Crippen molar-refractivity contribution in [1.29, 1.82) is 0 Å². The van der Waals surface area contributed by atoms with E-state index in [1.807, 2.05) is 61.5 Å². The minimum Gasteiger partial charge on any atom is -0.481 e. The Morgan fingerprint density at radius 3 is 2.53 bits per heavy atom. The maximum atomic E-state index is 12.0. The van der Waals surface area contributed by atoms with E-state index in [4.69, 9.17) is 4.74 Å². The summed E-state index contributed by atoms with van der Waals surface area (Å²) in [6, 6.07) is 17.0. The second kappa shape index (κ2) is 6.05. The SMILES string of the molecule is Cc1cccc(NC(=O)[C@@H](C)Oc2ccccc2)c1. The summed E-state index contributed by atoms with van der Waals surface area (Å²) in [4.78, 5) is 12.0. The van der Waals surface area contributed by atoms with Crippen LogP contribution in [-0.2, 0) is 4.79 Å². The van der Waals surface area contributed by atoms with Gasteiger partial charge in [0, 0.05) is 5.69 Å². The van der Waals surface area contributed by atoms with Crippen LogP contribution in [-0.4, -0.2) is 12.0 Å². The van der Waals surface area contributed by atoms with Crippen molar-refractivity contribution in [3.63, 3.8) is 0 Å². The summed E-state index contributed by atoms with van der Waals surface area (Å²) < 4.78 is 5.57. The molecule has 0 spiro atoms. The van der Waals surface area contributed by atoms with Crippen LogP contribution in [0.2, 0.25) is 0 Å². The van der Waals surface area contributed by atoms with Crippen LogP contribution in [0.25, 0.3) is 0 Å². The van der Waals surface area contributed by atoms with Crippen LogP contribution < -0.4 is 10.1 Å². The number of rotatable bonds is 4. The third kappa shape index (κ3) is 3.85. The molecule has 0 aliphatic rings. The maximum Gasteiger partial charge on any atom is 0.265 e. The Balaban J connectivity index is 1.96. The number of para-hydroxylation sites is 1. The first-order chi connectivity index (χ1) is 9.15. The number of hydrogen-bond donors (Lipinski definition) is 1. The number of anilines is 1. The molecule has 0 aliphatic heterocycles. The Morgan fingerprint density at radius 2 is 1.84 bits per heavy atom. The molecule has 19 heavy (non-hydrogen) atoms. The van der Waals surface area contributed by atoms with E-state index >= 15 is 0 Å². The zero-order chi connectivity index (χ0) is 13.7. The lowest BCUT2D eigenvalue weighted by Crippen LogP contribution is -2.30. The molecule has 1 amide bonds. The van der Waals surface area contributed by atoms with Crippen molar-refractivity contribution in [2.24, 2.45) is 0 Å². The quantitative estimate of drug-likeness (QED) is 0.909. The molecular weight excluding hydrogens is 238 g/mol. The molecule has 2 aromatic rings. The van der Waals surface area contributed by atoms with Crippen LogP contribution in [0.3, 0.4) is 0 Å². The van der Waals surface area contributed by atoms with Crippen molar-refractivity contribution >= 4 is 11.6 Å². The van der Waals surface area contributed by atoms with E-state index in [1.165, 1.54) is 0 Å². The van der Waals surface area contributed by atoms with Crippen LogP contribution >= 0.6 is 0 Å². The van der Waals surface area contributed by atoms with Gasteiger partial charge in [-0.2, -0.15) is 0 Å². The van der Waals surface area contributed by atoms with Crippen molar-refractivity contribution in [3.05, 3.63) is 60.2 Å². The number of aryl methyl sites for hydroxylation is 1. The highest BCUT2D eigenvalue weighted by Crippen LogP contribution is 2.13. The summed E-state index contributed by atoms with van der Waals surface area (Å²) in [7, 11) is 0. The molecule has 2 aromatic carbocycles. The van der Waals surface area contributed by atoms with Gasteiger partial charge in [0.25, 0.3) is 5.91 Å². The van der Waals surface area contributed by atoms with Crippen molar-refractivity contribution in [2.75, 3.05) is 5.32 Å². The number of carbonyl (C=O) groups excluding carboxylic acids is 1. The Morgan fingerprint density at radius 1 is 1.11 bits per heavy atom. The Bertz CT molecular complexity index is 552. The van der Waals surface area contributed by atoms with Gasteiger partial charge in [-0.3, -0.25) is 4.79 Å². The average Bonchev–Trinajstić information content (AvgIpc) is 2.40. The standard InChI is InChI=1S/C16H17NO2/c1-12-7-6-8-14(11-12)17-16(18)13(2)19-15-9-4-3-5-10-15/h3-11,13H,1-2H3,(H,17,18)/t13-/m1/s1. The molecule has 1 N–H and O–H groups in total. The summed E-state index contributed by atoms with van der Waals surface area (Å²) in [6.07, 6.45) is -0.539. The van der Waals surface area contributed by atoms with Gasteiger partial charge < -0.3 is 10.1 Å². The van der Waals surface area contributed by atoms with E-state index in [-0.39, 0.29) is 5.91 Å². The first-order valence-electron chi connectivity index (χ1n) is 6.24. The molecule has 0 heterocycles. The summed E-state index contributed by atoms with van der Waals surface area (Å²) in [6.45, 7) is 3.72. The molecule has 0 saturated heterocycles. The van der Waals surface area contributed by atoms with E-state index < -0.39 is 6.10 Å². The monoisotopic (exact) mass is 255 g/mol. The number of hydrogen-bond acceptors (Lipinski definition) is 2. The molecule has 3 nitrogen and oxygen atoms in total. The molecule has 0 radical (unpaired) electrons. The van der Waals surface area contributed by atoms with E-state index in [0.29, 0.717) is 5.75 Å². The molecule has 0 fully saturated rings. The van der Waals surface area contributed by atoms with Crippen LogP contribution in [0.5, 0.6) is 5.75 Å². The topological polar surface area (TPSA) is 38.3 Å². The van der Waals surface area contributed by atoms with Gasteiger partial charge in [-0.1, -0.05) is 30.3 Å². The van der Waals surface area contributed by atoms with Crippen molar-refractivity contribution < 1.29 is 9.53 Å². The lowest BCUT2D eigenvalue weighted by molar-refractivity contribution is -0.122. The number of carbonyl (C=O) groups is 1.